The average molecular weight is 482 g/mol. The largest absolute Gasteiger partial charge is 0.386 e. The van der Waals surface area contributed by atoms with Crippen LogP contribution in [0.15, 0.2) is 48.5 Å². The van der Waals surface area contributed by atoms with Crippen molar-refractivity contribution < 1.29 is 35.5 Å². The maximum Gasteiger partial charge on any atom is 0.386 e. The molecule has 0 bridgehead atoms. The molecular weight excluding hydrogens is 461 g/mol. The summed E-state index contributed by atoms with van der Waals surface area (Å²) in [7, 11) is 0. The van der Waals surface area contributed by atoms with E-state index < -0.39 is 46.9 Å². The van der Waals surface area contributed by atoms with Gasteiger partial charge in [0, 0.05) is 5.56 Å². The number of hydrogen-bond donors (Lipinski definition) is 0. The van der Waals surface area contributed by atoms with Crippen molar-refractivity contribution in [1.29, 1.82) is 0 Å². The minimum Gasteiger partial charge on any atom is -0.313 e. The molecule has 0 saturated heterocycles. The molecule has 0 amide bonds. The van der Waals surface area contributed by atoms with Crippen molar-refractivity contribution in [2.24, 2.45) is 0 Å². The van der Waals surface area contributed by atoms with E-state index in [1.54, 1.807) is 13.0 Å². The number of aryl methyl sites for hydroxylation is 1. The van der Waals surface area contributed by atoms with Crippen LogP contribution in [0.4, 0.5) is 30.7 Å². The van der Waals surface area contributed by atoms with Crippen LogP contribution in [0.25, 0.3) is 11.1 Å². The van der Waals surface area contributed by atoms with Crippen LogP contribution in [0.2, 0.25) is 0 Å². The topological polar surface area (TPSA) is 9.23 Å². The number of hydrogen-bond acceptors (Lipinski definition) is 1. The van der Waals surface area contributed by atoms with Gasteiger partial charge in [0.05, 0.1) is 11.7 Å². The molecule has 3 aromatic rings. The van der Waals surface area contributed by atoms with E-state index in [1.165, 1.54) is 18.2 Å². The third-order valence-electron chi connectivity index (χ3n) is 6.18. The lowest BCUT2D eigenvalue weighted by Crippen LogP contribution is -2.30. The zero-order valence-corrected chi connectivity index (χ0v) is 18.2. The van der Waals surface area contributed by atoms with Gasteiger partial charge >= 0.3 is 6.11 Å². The fourth-order valence-electron chi connectivity index (χ4n) is 4.37. The maximum atomic E-state index is 14.8. The molecular formula is C26H21F7O. The van der Waals surface area contributed by atoms with Gasteiger partial charge in [-0.25, -0.2) is 22.0 Å². The second-order valence-electron chi connectivity index (χ2n) is 8.58. The quantitative estimate of drug-likeness (QED) is 0.263. The Morgan fingerprint density at radius 1 is 0.735 bits per heavy atom. The highest BCUT2D eigenvalue weighted by atomic mass is 19.3. The summed E-state index contributed by atoms with van der Waals surface area (Å²) < 4.78 is 103. The lowest BCUT2D eigenvalue weighted by atomic mass is 9.82. The Morgan fingerprint density at radius 3 is 1.97 bits per heavy atom. The highest BCUT2D eigenvalue weighted by molar-refractivity contribution is 5.65. The van der Waals surface area contributed by atoms with Crippen LogP contribution in [0.5, 0.6) is 0 Å². The average Bonchev–Trinajstić information content (AvgIpc) is 2.77. The van der Waals surface area contributed by atoms with Gasteiger partial charge in [-0.3, -0.25) is 0 Å². The van der Waals surface area contributed by atoms with E-state index >= 15 is 0 Å². The monoisotopic (exact) mass is 482 g/mol. The first-order valence-electron chi connectivity index (χ1n) is 10.8. The Labute approximate surface area is 192 Å². The third kappa shape index (κ3) is 4.97. The van der Waals surface area contributed by atoms with Gasteiger partial charge in [-0.2, -0.15) is 8.78 Å². The minimum atomic E-state index is -3.93. The molecule has 0 spiro atoms. The summed E-state index contributed by atoms with van der Waals surface area (Å²) in [6, 6.07) is 9.09. The van der Waals surface area contributed by atoms with Crippen molar-refractivity contribution in [2.45, 2.75) is 50.7 Å². The molecule has 1 nitrogen and oxygen atoms in total. The predicted molar refractivity (Wildman–Crippen MR) is 113 cm³/mol. The molecule has 8 heteroatoms. The van der Waals surface area contributed by atoms with Crippen LogP contribution in [0.1, 0.15) is 48.3 Å². The van der Waals surface area contributed by atoms with Gasteiger partial charge < -0.3 is 4.74 Å². The molecule has 0 aromatic heterocycles. The van der Waals surface area contributed by atoms with Crippen LogP contribution in [0, 0.1) is 36.0 Å². The number of rotatable bonds is 5. The third-order valence-corrected chi connectivity index (χ3v) is 6.18. The minimum absolute atomic E-state index is 0.0901. The first kappa shape index (κ1) is 24.3. The van der Waals surface area contributed by atoms with Gasteiger partial charge in [0.1, 0.15) is 11.6 Å². The second-order valence-corrected chi connectivity index (χ2v) is 8.58. The van der Waals surface area contributed by atoms with Crippen molar-refractivity contribution in [3.8, 4) is 11.1 Å². The molecule has 1 aliphatic rings. The van der Waals surface area contributed by atoms with E-state index in [0.717, 1.165) is 24.3 Å². The van der Waals surface area contributed by atoms with Gasteiger partial charge in [-0.1, -0.05) is 18.2 Å². The number of benzene rings is 3. The lowest BCUT2D eigenvalue weighted by Gasteiger charge is -2.31. The van der Waals surface area contributed by atoms with Gasteiger partial charge in [0.2, 0.25) is 0 Å². The molecule has 180 valence electrons. The normalized spacial score (nSPS) is 18.8. The first-order chi connectivity index (χ1) is 16.0. The Morgan fingerprint density at radius 2 is 1.38 bits per heavy atom. The Kier molecular flexibility index (Phi) is 6.71. The standard InChI is InChI=1S/C26H21F7O/c1-14-2-8-19(21(27)10-14)16-5-9-20(22(28)11-16)26(32,33)34-18-6-3-15(4-7-18)17-12-23(29)25(31)24(30)13-17/h2,5,8-13,15,18H,3-4,6-7H2,1H3. The molecule has 0 aliphatic heterocycles. The molecule has 0 radical (unpaired) electrons. The van der Waals surface area contributed by atoms with Gasteiger partial charge in [-0.15, -0.1) is 0 Å². The Balaban J connectivity index is 1.44. The second kappa shape index (κ2) is 9.41. The zero-order chi connectivity index (χ0) is 24.6. The molecule has 0 heterocycles. The van der Waals surface area contributed by atoms with Crippen LogP contribution < -0.4 is 0 Å². The lowest BCUT2D eigenvalue weighted by molar-refractivity contribution is -0.278. The summed E-state index contributed by atoms with van der Waals surface area (Å²) in [6.07, 6.45) is -3.96. The van der Waals surface area contributed by atoms with Crippen molar-refractivity contribution in [2.75, 3.05) is 0 Å². The molecule has 1 aliphatic carbocycles. The van der Waals surface area contributed by atoms with Crippen LogP contribution in [-0.4, -0.2) is 6.10 Å². The molecule has 1 fully saturated rings. The van der Waals surface area contributed by atoms with Crippen molar-refractivity contribution in [3.05, 3.63) is 94.3 Å². The van der Waals surface area contributed by atoms with Gasteiger partial charge in [-0.05, 0) is 85.5 Å². The zero-order valence-electron chi connectivity index (χ0n) is 18.2. The Bertz CT molecular complexity index is 1180. The van der Waals surface area contributed by atoms with E-state index in [4.69, 9.17) is 4.74 Å². The van der Waals surface area contributed by atoms with E-state index in [-0.39, 0.29) is 35.4 Å². The molecule has 1 saturated carbocycles. The van der Waals surface area contributed by atoms with Crippen LogP contribution in [0.3, 0.4) is 0 Å². The SMILES string of the molecule is Cc1ccc(-c2ccc(C(F)(F)OC3CCC(c4cc(F)c(F)c(F)c4)CC3)c(F)c2)c(F)c1. The van der Waals surface area contributed by atoms with Crippen LogP contribution >= 0.6 is 0 Å². The number of halogens is 7. The summed E-state index contributed by atoms with van der Waals surface area (Å²) in [5, 5.41) is 0. The number of ether oxygens (including phenoxy) is 1. The molecule has 0 atom stereocenters. The fraction of sp³-hybridized carbons (Fsp3) is 0.308. The van der Waals surface area contributed by atoms with Crippen molar-refractivity contribution in [1.82, 2.24) is 0 Å². The molecule has 4 rings (SSSR count). The van der Waals surface area contributed by atoms with Gasteiger partial charge in [0.15, 0.2) is 17.5 Å². The highest BCUT2D eigenvalue weighted by Gasteiger charge is 2.40. The van der Waals surface area contributed by atoms with Crippen molar-refractivity contribution >= 4 is 0 Å². The van der Waals surface area contributed by atoms with Gasteiger partial charge in [0.25, 0.3) is 0 Å². The van der Waals surface area contributed by atoms with E-state index in [0.29, 0.717) is 18.4 Å². The van der Waals surface area contributed by atoms with E-state index in [2.05, 4.69) is 0 Å². The summed E-state index contributed by atoms with van der Waals surface area (Å²) >= 11 is 0. The fourth-order valence-corrected chi connectivity index (χ4v) is 4.37. The molecule has 34 heavy (non-hydrogen) atoms. The summed E-state index contributed by atoms with van der Waals surface area (Å²) in [5.41, 5.74) is 0.170. The highest BCUT2D eigenvalue weighted by Crippen LogP contribution is 2.40. The Hall–Kier alpha value is -2.87. The molecule has 0 unspecified atom stereocenters. The molecule has 0 N–H and O–H groups in total. The van der Waals surface area contributed by atoms with E-state index in [1.807, 2.05) is 0 Å². The summed E-state index contributed by atoms with van der Waals surface area (Å²) in [6.45, 7) is 1.69. The molecule has 3 aromatic carbocycles. The van der Waals surface area contributed by atoms with Crippen LogP contribution in [-0.2, 0) is 10.8 Å². The van der Waals surface area contributed by atoms with E-state index in [9.17, 15) is 30.7 Å². The summed E-state index contributed by atoms with van der Waals surface area (Å²) in [5.74, 6) is -6.31. The first-order valence-corrected chi connectivity index (χ1v) is 10.8. The number of alkyl halides is 2. The smallest absolute Gasteiger partial charge is 0.313 e. The predicted octanol–water partition coefficient (Wildman–Crippen LogP) is 8.15. The summed E-state index contributed by atoms with van der Waals surface area (Å²) in [4.78, 5) is 0. The maximum absolute atomic E-state index is 14.8. The van der Waals surface area contributed by atoms with Crippen molar-refractivity contribution in [3.63, 3.8) is 0 Å².